The molecule has 0 saturated carbocycles. The summed E-state index contributed by atoms with van der Waals surface area (Å²) >= 11 is 0. The first-order chi connectivity index (χ1) is 13.6. The molecular weight excluding hydrogens is 429 g/mol. The lowest BCUT2D eigenvalue weighted by Gasteiger charge is -2.30. The van der Waals surface area contributed by atoms with Crippen LogP contribution in [0.25, 0.3) is 0 Å². The minimum Gasteiger partial charge on any atom is -0.374 e. The zero-order valence-corrected chi connectivity index (χ0v) is 20.0. The van der Waals surface area contributed by atoms with E-state index < -0.39 is 0 Å². The second-order valence-corrected chi connectivity index (χ2v) is 8.22. The number of piperidine rings is 1. The van der Waals surface area contributed by atoms with E-state index in [0.717, 1.165) is 45.7 Å². The van der Waals surface area contributed by atoms with Gasteiger partial charge in [-0.3, -0.25) is 9.69 Å². The van der Waals surface area contributed by atoms with Crippen molar-refractivity contribution in [1.29, 1.82) is 0 Å². The number of carbonyl (C=O) groups excluding carboxylic acids is 1. The van der Waals surface area contributed by atoms with Gasteiger partial charge in [-0.25, -0.2) is 0 Å². The number of methoxy groups -OCH3 is 1. The molecule has 174 valence electrons. The number of rotatable bonds is 7. The Morgan fingerprint density at radius 1 is 1.23 bits per heavy atom. The number of carbonyl (C=O) groups is 1. The number of hydrogen-bond donors (Lipinski definition) is 1. The highest BCUT2D eigenvalue weighted by Gasteiger charge is 2.26. The molecule has 1 amide bonds. The predicted molar refractivity (Wildman–Crippen MR) is 120 cm³/mol. The van der Waals surface area contributed by atoms with E-state index in [0.29, 0.717) is 42.4 Å². The van der Waals surface area contributed by atoms with Crippen molar-refractivity contribution < 1.29 is 14.1 Å². The fraction of sp³-hybridized carbons (Fsp3) is 0.850. The average Bonchev–Trinajstić information content (AvgIpc) is 3.05. The predicted octanol–water partition coefficient (Wildman–Crippen LogP) is 2.68. The van der Waals surface area contributed by atoms with Crippen LogP contribution in [0.15, 0.2) is 4.52 Å². The topological polar surface area (TPSA) is 83.7 Å². The summed E-state index contributed by atoms with van der Waals surface area (Å²) in [6.45, 7) is 10.3. The lowest BCUT2D eigenvalue weighted by Crippen LogP contribution is -2.38. The summed E-state index contributed by atoms with van der Waals surface area (Å²) in [4.78, 5) is 21.6. The SMILES string of the molecule is COC(C)c1noc(CN2CCCN(C(=O)CC(C)C3CCCNC3)CC2)n1.Cl.Cl. The first-order valence-electron chi connectivity index (χ1n) is 10.6. The average molecular weight is 466 g/mol. The first kappa shape index (κ1) is 27.1. The van der Waals surface area contributed by atoms with Crippen molar-refractivity contribution in [2.24, 2.45) is 11.8 Å². The van der Waals surface area contributed by atoms with Gasteiger partial charge in [-0.15, -0.1) is 24.8 Å². The van der Waals surface area contributed by atoms with E-state index in [1.807, 2.05) is 11.8 Å². The lowest BCUT2D eigenvalue weighted by atomic mass is 9.85. The highest BCUT2D eigenvalue weighted by Crippen LogP contribution is 2.23. The van der Waals surface area contributed by atoms with Gasteiger partial charge in [0.05, 0.1) is 6.54 Å². The molecule has 0 bridgehead atoms. The molecule has 3 unspecified atom stereocenters. The molecule has 3 atom stereocenters. The van der Waals surface area contributed by atoms with E-state index in [1.54, 1.807) is 7.11 Å². The maximum Gasteiger partial charge on any atom is 0.240 e. The molecule has 3 heterocycles. The number of ether oxygens (including phenoxy) is 1. The number of halogens is 2. The maximum absolute atomic E-state index is 12.8. The van der Waals surface area contributed by atoms with Crippen LogP contribution in [0.1, 0.15) is 57.3 Å². The van der Waals surface area contributed by atoms with Crippen molar-refractivity contribution in [3.63, 3.8) is 0 Å². The Hall–Kier alpha value is -0.930. The van der Waals surface area contributed by atoms with Gasteiger partial charge in [0.15, 0.2) is 5.82 Å². The van der Waals surface area contributed by atoms with Crippen LogP contribution in [0.2, 0.25) is 0 Å². The van der Waals surface area contributed by atoms with Crippen LogP contribution in [0, 0.1) is 11.8 Å². The molecule has 1 aromatic heterocycles. The quantitative estimate of drug-likeness (QED) is 0.662. The number of aromatic nitrogens is 2. The lowest BCUT2D eigenvalue weighted by molar-refractivity contribution is -0.132. The van der Waals surface area contributed by atoms with E-state index in [2.05, 4.69) is 27.3 Å². The first-order valence-corrected chi connectivity index (χ1v) is 10.6. The zero-order valence-electron chi connectivity index (χ0n) is 18.3. The van der Waals surface area contributed by atoms with E-state index in [4.69, 9.17) is 9.26 Å². The smallest absolute Gasteiger partial charge is 0.240 e. The number of nitrogens with zero attached hydrogens (tertiary/aromatic N) is 4. The Kier molecular flexibility index (Phi) is 12.2. The monoisotopic (exact) mass is 465 g/mol. The highest BCUT2D eigenvalue weighted by atomic mass is 35.5. The molecular formula is C20H37Cl2N5O3. The van der Waals surface area contributed by atoms with Gasteiger partial charge in [0.1, 0.15) is 6.10 Å². The molecule has 2 saturated heterocycles. The molecule has 2 aliphatic heterocycles. The molecule has 0 radical (unpaired) electrons. The van der Waals surface area contributed by atoms with Crippen LogP contribution in [0.3, 0.4) is 0 Å². The number of nitrogens with one attached hydrogen (secondary N) is 1. The molecule has 1 N–H and O–H groups in total. The summed E-state index contributed by atoms with van der Waals surface area (Å²) in [5, 5.41) is 7.45. The summed E-state index contributed by atoms with van der Waals surface area (Å²) in [6.07, 6.45) is 3.93. The second-order valence-electron chi connectivity index (χ2n) is 8.22. The molecule has 2 fully saturated rings. The van der Waals surface area contributed by atoms with Crippen LogP contribution in [0.5, 0.6) is 0 Å². The van der Waals surface area contributed by atoms with Crippen molar-refractivity contribution in [2.45, 2.75) is 52.2 Å². The zero-order chi connectivity index (χ0) is 19.9. The minimum atomic E-state index is -0.170. The summed E-state index contributed by atoms with van der Waals surface area (Å²) in [5.41, 5.74) is 0. The Morgan fingerprint density at radius 2 is 2.03 bits per heavy atom. The van der Waals surface area contributed by atoms with Crippen LogP contribution in [0.4, 0.5) is 0 Å². The van der Waals surface area contributed by atoms with Gasteiger partial charge in [0, 0.05) is 39.7 Å². The van der Waals surface area contributed by atoms with Gasteiger partial charge in [-0.2, -0.15) is 4.98 Å². The van der Waals surface area contributed by atoms with Gasteiger partial charge >= 0.3 is 0 Å². The third kappa shape index (κ3) is 7.64. The molecule has 0 spiro atoms. The third-order valence-corrected chi connectivity index (χ3v) is 6.14. The Bertz CT molecular complexity index is 627. The Labute approximate surface area is 192 Å². The molecule has 2 aliphatic rings. The number of hydrogen-bond acceptors (Lipinski definition) is 7. The largest absolute Gasteiger partial charge is 0.374 e. The highest BCUT2D eigenvalue weighted by molar-refractivity contribution is 5.85. The van der Waals surface area contributed by atoms with Gasteiger partial charge in [-0.05, 0) is 51.1 Å². The van der Waals surface area contributed by atoms with E-state index in [-0.39, 0.29) is 30.9 Å². The van der Waals surface area contributed by atoms with Crippen LogP contribution < -0.4 is 5.32 Å². The molecule has 0 aromatic carbocycles. The van der Waals surface area contributed by atoms with Crippen LogP contribution in [-0.4, -0.2) is 72.2 Å². The summed E-state index contributed by atoms with van der Waals surface area (Å²) in [7, 11) is 1.63. The molecule has 1 aromatic rings. The van der Waals surface area contributed by atoms with Crippen LogP contribution >= 0.6 is 24.8 Å². The number of amides is 1. The summed E-state index contributed by atoms with van der Waals surface area (Å²) in [6, 6.07) is 0. The van der Waals surface area contributed by atoms with Crippen molar-refractivity contribution in [3.8, 4) is 0 Å². The molecule has 0 aliphatic carbocycles. The van der Waals surface area contributed by atoms with Crippen molar-refractivity contribution >= 4 is 30.7 Å². The van der Waals surface area contributed by atoms with Gasteiger partial charge in [-0.1, -0.05) is 12.1 Å². The third-order valence-electron chi connectivity index (χ3n) is 6.14. The fourth-order valence-corrected chi connectivity index (χ4v) is 4.11. The van der Waals surface area contributed by atoms with Gasteiger partial charge in [0.2, 0.25) is 11.8 Å². The Morgan fingerprint density at radius 3 is 2.73 bits per heavy atom. The standard InChI is InChI=1S/C20H35N5O3.2ClH/c1-15(17-6-4-7-21-13-17)12-19(26)25-9-5-8-24(10-11-25)14-18-22-20(23-28-18)16(2)27-3;;/h15-17,21H,4-14H2,1-3H3;2*1H. The van der Waals surface area contributed by atoms with Crippen molar-refractivity contribution in [2.75, 3.05) is 46.4 Å². The van der Waals surface area contributed by atoms with E-state index in [9.17, 15) is 4.79 Å². The fourth-order valence-electron chi connectivity index (χ4n) is 4.11. The Balaban J connectivity index is 0.00000225. The maximum atomic E-state index is 12.8. The molecule has 8 nitrogen and oxygen atoms in total. The van der Waals surface area contributed by atoms with E-state index >= 15 is 0 Å². The molecule has 30 heavy (non-hydrogen) atoms. The van der Waals surface area contributed by atoms with Gasteiger partial charge in [0.25, 0.3) is 0 Å². The summed E-state index contributed by atoms with van der Waals surface area (Å²) in [5.74, 6) is 2.56. The van der Waals surface area contributed by atoms with Gasteiger partial charge < -0.3 is 19.5 Å². The molecule has 3 rings (SSSR count). The van der Waals surface area contributed by atoms with Crippen molar-refractivity contribution in [3.05, 3.63) is 11.7 Å². The normalized spacial score (nSPS) is 22.4. The second kappa shape index (κ2) is 13.5. The minimum absolute atomic E-state index is 0. The van der Waals surface area contributed by atoms with E-state index in [1.165, 1.54) is 12.8 Å². The van der Waals surface area contributed by atoms with Crippen molar-refractivity contribution in [1.82, 2.24) is 25.3 Å². The summed E-state index contributed by atoms with van der Waals surface area (Å²) < 4.78 is 10.6. The molecule has 10 heteroatoms. The van der Waals surface area contributed by atoms with Crippen LogP contribution in [-0.2, 0) is 16.1 Å².